The van der Waals surface area contributed by atoms with Gasteiger partial charge in [-0.15, -0.1) is 0 Å². The first kappa shape index (κ1) is 19.1. The number of hydrogen-bond acceptors (Lipinski definition) is 7. The molecule has 0 bridgehead atoms. The Morgan fingerprint density at radius 3 is 2.43 bits per heavy atom. The topological polar surface area (TPSA) is 78.4 Å². The van der Waals surface area contributed by atoms with Crippen molar-refractivity contribution >= 4 is 21.5 Å². The van der Waals surface area contributed by atoms with Gasteiger partial charge in [-0.05, 0) is 31.5 Å². The maximum Gasteiger partial charge on any atom is 0.225 e. The molecule has 2 aromatic rings. The Morgan fingerprint density at radius 2 is 1.79 bits per heavy atom. The van der Waals surface area contributed by atoms with E-state index in [-0.39, 0.29) is 10.8 Å². The number of nitrogens with zero attached hydrogens (tertiary/aromatic N) is 4. The molecule has 7 nitrogen and oxygen atoms in total. The molecule has 0 aliphatic carbocycles. The molecule has 150 valence electrons. The quantitative estimate of drug-likeness (QED) is 0.835. The van der Waals surface area contributed by atoms with Gasteiger partial charge in [0.25, 0.3) is 0 Å². The molecule has 0 spiro atoms. The van der Waals surface area contributed by atoms with Crippen molar-refractivity contribution in [3.05, 3.63) is 42.2 Å². The number of anilines is 2. The fourth-order valence-corrected chi connectivity index (χ4v) is 4.83. The fraction of sp³-hybridized carbons (Fsp3) is 0.500. The van der Waals surface area contributed by atoms with Crippen LogP contribution in [0.4, 0.5) is 11.6 Å². The summed E-state index contributed by atoms with van der Waals surface area (Å²) in [6, 6.07) is 10.4. The Balaban J connectivity index is 1.55. The van der Waals surface area contributed by atoms with Gasteiger partial charge in [0, 0.05) is 50.6 Å². The maximum absolute atomic E-state index is 12.3. The van der Waals surface area contributed by atoms with Crippen molar-refractivity contribution in [2.75, 3.05) is 55.3 Å². The molecule has 2 aliphatic rings. The van der Waals surface area contributed by atoms with Crippen molar-refractivity contribution < 1.29 is 8.42 Å². The minimum Gasteiger partial charge on any atom is -0.368 e. The van der Waals surface area contributed by atoms with Crippen LogP contribution in [0.2, 0.25) is 0 Å². The lowest BCUT2D eigenvalue weighted by Gasteiger charge is -2.36. The van der Waals surface area contributed by atoms with Gasteiger partial charge in [0.15, 0.2) is 9.84 Å². The van der Waals surface area contributed by atoms with Crippen molar-refractivity contribution in [1.82, 2.24) is 15.3 Å². The van der Waals surface area contributed by atoms with Crippen LogP contribution in [0, 0.1) is 0 Å². The fourth-order valence-electron chi connectivity index (χ4n) is 3.99. The highest BCUT2D eigenvalue weighted by Gasteiger charge is 2.27. The number of piperazine rings is 1. The molecule has 2 aliphatic heterocycles. The minimum absolute atomic E-state index is 0.117. The average Bonchev–Trinajstić information content (AvgIpc) is 2.74. The average molecular weight is 402 g/mol. The van der Waals surface area contributed by atoms with Gasteiger partial charge in [-0.25, -0.2) is 18.4 Å². The van der Waals surface area contributed by atoms with Gasteiger partial charge in [0.1, 0.15) is 4.90 Å². The van der Waals surface area contributed by atoms with Crippen LogP contribution in [0.1, 0.15) is 24.5 Å². The summed E-state index contributed by atoms with van der Waals surface area (Å²) in [5.41, 5.74) is 1.90. The lowest BCUT2D eigenvalue weighted by Crippen LogP contribution is -2.47. The van der Waals surface area contributed by atoms with E-state index in [1.807, 2.05) is 6.07 Å². The summed E-state index contributed by atoms with van der Waals surface area (Å²) in [5.74, 6) is 0.756. The lowest BCUT2D eigenvalue weighted by atomic mass is 9.96. The molecule has 28 heavy (non-hydrogen) atoms. The van der Waals surface area contributed by atoms with Crippen LogP contribution in [-0.2, 0) is 9.84 Å². The third-order valence-electron chi connectivity index (χ3n) is 5.54. The highest BCUT2D eigenvalue weighted by molar-refractivity contribution is 7.90. The van der Waals surface area contributed by atoms with Gasteiger partial charge in [-0.1, -0.05) is 18.2 Å². The Morgan fingerprint density at radius 1 is 1.07 bits per heavy atom. The summed E-state index contributed by atoms with van der Waals surface area (Å²) in [7, 11) is -3.35. The van der Waals surface area contributed by atoms with Crippen LogP contribution in [-0.4, -0.2) is 63.9 Å². The zero-order valence-corrected chi connectivity index (χ0v) is 17.0. The van der Waals surface area contributed by atoms with Crippen LogP contribution in [0.15, 0.2) is 41.4 Å². The lowest BCUT2D eigenvalue weighted by molar-refractivity contribution is 0.447. The molecule has 1 unspecified atom stereocenters. The van der Waals surface area contributed by atoms with E-state index in [1.165, 1.54) is 18.1 Å². The van der Waals surface area contributed by atoms with E-state index in [4.69, 9.17) is 4.98 Å². The zero-order chi connectivity index (χ0) is 19.6. The predicted octanol–water partition coefficient (Wildman–Crippen LogP) is 1.67. The Labute approximate surface area is 166 Å². The Kier molecular flexibility index (Phi) is 5.50. The third kappa shape index (κ3) is 4.12. The predicted molar refractivity (Wildman–Crippen MR) is 111 cm³/mol. The summed E-state index contributed by atoms with van der Waals surface area (Å²) in [4.78, 5) is 14.0. The van der Waals surface area contributed by atoms with Crippen LogP contribution < -0.4 is 15.1 Å². The van der Waals surface area contributed by atoms with E-state index >= 15 is 0 Å². The molecule has 1 N–H and O–H groups in total. The molecule has 0 saturated carbocycles. The van der Waals surface area contributed by atoms with Gasteiger partial charge in [-0.3, -0.25) is 0 Å². The molecule has 1 atom stereocenters. The Hall–Kier alpha value is -2.19. The minimum atomic E-state index is -3.35. The summed E-state index contributed by atoms with van der Waals surface area (Å²) in [6.07, 6.45) is 4.73. The van der Waals surface area contributed by atoms with Crippen molar-refractivity contribution in [3.63, 3.8) is 0 Å². The van der Waals surface area contributed by atoms with E-state index in [9.17, 15) is 8.42 Å². The summed E-state index contributed by atoms with van der Waals surface area (Å²) in [6.45, 7) is 5.15. The van der Waals surface area contributed by atoms with Crippen LogP contribution >= 0.6 is 0 Å². The summed E-state index contributed by atoms with van der Waals surface area (Å²) < 4.78 is 24.5. The molecule has 2 fully saturated rings. The van der Waals surface area contributed by atoms with E-state index in [0.717, 1.165) is 52.1 Å². The van der Waals surface area contributed by atoms with E-state index in [0.29, 0.717) is 11.6 Å². The van der Waals surface area contributed by atoms with E-state index < -0.39 is 9.84 Å². The van der Waals surface area contributed by atoms with E-state index in [2.05, 4.69) is 44.4 Å². The van der Waals surface area contributed by atoms with Crippen LogP contribution in [0.3, 0.4) is 0 Å². The van der Waals surface area contributed by atoms with Crippen molar-refractivity contribution in [1.29, 1.82) is 0 Å². The number of sulfone groups is 1. The number of nitrogens with one attached hydrogen (secondary N) is 1. The SMILES string of the molecule is CS(=O)(=O)c1cnc(N2CCN(c3ccccc3)CC2)nc1C1CCCNC1. The third-order valence-corrected chi connectivity index (χ3v) is 6.65. The number of rotatable bonds is 4. The first-order chi connectivity index (χ1) is 13.5. The van der Waals surface area contributed by atoms with Crippen molar-refractivity contribution in [3.8, 4) is 0 Å². The number of hydrogen-bond donors (Lipinski definition) is 1. The van der Waals surface area contributed by atoms with Crippen molar-refractivity contribution in [2.24, 2.45) is 0 Å². The first-order valence-electron chi connectivity index (χ1n) is 9.85. The molecule has 4 rings (SSSR count). The second kappa shape index (κ2) is 8.05. The maximum atomic E-state index is 12.3. The van der Waals surface area contributed by atoms with Gasteiger partial charge < -0.3 is 15.1 Å². The number of benzene rings is 1. The first-order valence-corrected chi connectivity index (χ1v) is 11.7. The molecule has 3 heterocycles. The highest BCUT2D eigenvalue weighted by Crippen LogP contribution is 2.29. The molecule has 1 aromatic heterocycles. The Bertz CT molecular complexity index is 905. The summed E-state index contributed by atoms with van der Waals surface area (Å²) in [5, 5.41) is 3.36. The largest absolute Gasteiger partial charge is 0.368 e. The molecule has 1 aromatic carbocycles. The standard InChI is InChI=1S/C20H27N5O2S/c1-28(26,27)18-15-22-20(23-19(18)16-6-5-9-21-14-16)25-12-10-24(11-13-25)17-7-3-2-4-8-17/h2-4,7-8,15-16,21H,5-6,9-14H2,1H3. The van der Waals surface area contributed by atoms with Crippen LogP contribution in [0.5, 0.6) is 0 Å². The van der Waals surface area contributed by atoms with Crippen LogP contribution in [0.25, 0.3) is 0 Å². The molecule has 0 amide bonds. The molecule has 0 radical (unpaired) electrons. The molecular weight excluding hydrogens is 374 g/mol. The van der Waals surface area contributed by atoms with Gasteiger partial charge in [0.05, 0.1) is 11.9 Å². The molecular formula is C20H27N5O2S. The number of aromatic nitrogens is 2. The monoisotopic (exact) mass is 401 g/mol. The van der Waals surface area contributed by atoms with Gasteiger partial charge >= 0.3 is 0 Å². The molecule has 8 heteroatoms. The second-order valence-electron chi connectivity index (χ2n) is 7.54. The number of piperidine rings is 1. The second-order valence-corrected chi connectivity index (χ2v) is 9.53. The smallest absolute Gasteiger partial charge is 0.225 e. The van der Waals surface area contributed by atoms with E-state index in [1.54, 1.807) is 0 Å². The normalized spacial score (nSPS) is 21.0. The van der Waals surface area contributed by atoms with Gasteiger partial charge in [0.2, 0.25) is 5.95 Å². The van der Waals surface area contributed by atoms with Crippen molar-refractivity contribution in [2.45, 2.75) is 23.7 Å². The summed E-state index contributed by atoms with van der Waals surface area (Å²) >= 11 is 0. The number of para-hydroxylation sites is 1. The molecule has 2 saturated heterocycles. The zero-order valence-electron chi connectivity index (χ0n) is 16.2. The highest BCUT2D eigenvalue weighted by atomic mass is 32.2. The van der Waals surface area contributed by atoms with Gasteiger partial charge in [-0.2, -0.15) is 0 Å².